The Morgan fingerprint density at radius 2 is 2.35 bits per heavy atom. The van der Waals surface area contributed by atoms with Crippen molar-refractivity contribution in [2.75, 3.05) is 11.9 Å². The van der Waals surface area contributed by atoms with Gasteiger partial charge in [-0.05, 0) is 18.6 Å². The van der Waals surface area contributed by atoms with E-state index < -0.39 is 5.82 Å². The second-order valence-corrected chi connectivity index (χ2v) is 3.96. The summed E-state index contributed by atoms with van der Waals surface area (Å²) in [6, 6.07) is 6.36. The summed E-state index contributed by atoms with van der Waals surface area (Å²) in [5.41, 5.74) is 0.498. The SMILES string of the molecule is N#Cc1c(F)cccc1NC1CCC(=O)NC1. The molecule has 0 aromatic heterocycles. The van der Waals surface area contributed by atoms with Gasteiger partial charge >= 0.3 is 0 Å². The van der Waals surface area contributed by atoms with E-state index in [0.29, 0.717) is 25.1 Å². The zero-order valence-corrected chi connectivity index (χ0v) is 9.16. The van der Waals surface area contributed by atoms with Crippen LogP contribution in [-0.4, -0.2) is 18.5 Å². The molecule has 0 aliphatic carbocycles. The molecule has 1 aromatic carbocycles. The molecule has 1 saturated heterocycles. The molecule has 1 aliphatic heterocycles. The minimum Gasteiger partial charge on any atom is -0.379 e. The normalized spacial score (nSPS) is 19.3. The number of halogens is 1. The summed E-state index contributed by atoms with van der Waals surface area (Å²) in [6.45, 7) is 0.500. The van der Waals surface area contributed by atoms with Gasteiger partial charge in [0.2, 0.25) is 5.91 Å². The predicted octanol–water partition coefficient (Wildman–Crippen LogP) is 1.39. The Kier molecular flexibility index (Phi) is 3.24. The first-order chi connectivity index (χ1) is 8.20. The van der Waals surface area contributed by atoms with Crippen molar-refractivity contribution in [1.29, 1.82) is 5.26 Å². The summed E-state index contributed by atoms with van der Waals surface area (Å²) in [5, 5.41) is 14.7. The number of rotatable bonds is 2. The second-order valence-electron chi connectivity index (χ2n) is 3.96. The van der Waals surface area contributed by atoms with Crippen LogP contribution in [0.4, 0.5) is 10.1 Å². The van der Waals surface area contributed by atoms with Gasteiger partial charge in [-0.15, -0.1) is 0 Å². The van der Waals surface area contributed by atoms with E-state index in [4.69, 9.17) is 5.26 Å². The van der Waals surface area contributed by atoms with E-state index in [1.165, 1.54) is 6.07 Å². The van der Waals surface area contributed by atoms with Crippen LogP contribution in [0, 0.1) is 17.1 Å². The van der Waals surface area contributed by atoms with Gasteiger partial charge in [-0.1, -0.05) is 6.07 Å². The van der Waals surface area contributed by atoms with Gasteiger partial charge in [0.1, 0.15) is 17.4 Å². The Morgan fingerprint density at radius 1 is 1.53 bits per heavy atom. The molecule has 0 radical (unpaired) electrons. The van der Waals surface area contributed by atoms with Gasteiger partial charge in [0, 0.05) is 19.0 Å². The fourth-order valence-corrected chi connectivity index (χ4v) is 1.83. The number of benzene rings is 1. The summed E-state index contributed by atoms with van der Waals surface area (Å²) in [5.74, 6) is -0.500. The molecule has 1 amide bonds. The van der Waals surface area contributed by atoms with Gasteiger partial charge in [0.05, 0.1) is 5.69 Å². The zero-order valence-electron chi connectivity index (χ0n) is 9.16. The first kappa shape index (κ1) is 11.4. The Bertz CT molecular complexity index is 471. The van der Waals surface area contributed by atoms with Crippen LogP contribution in [0.15, 0.2) is 18.2 Å². The van der Waals surface area contributed by atoms with Crippen molar-refractivity contribution in [3.05, 3.63) is 29.6 Å². The molecule has 1 heterocycles. The van der Waals surface area contributed by atoms with Gasteiger partial charge in [0.15, 0.2) is 0 Å². The largest absolute Gasteiger partial charge is 0.379 e. The molecule has 1 aliphatic rings. The number of hydrogen-bond donors (Lipinski definition) is 2. The molecule has 0 saturated carbocycles. The lowest BCUT2D eigenvalue weighted by Gasteiger charge is -2.24. The Hall–Kier alpha value is -2.09. The molecule has 4 nitrogen and oxygen atoms in total. The van der Waals surface area contributed by atoms with Crippen LogP contribution in [0.2, 0.25) is 0 Å². The van der Waals surface area contributed by atoms with Gasteiger partial charge in [0.25, 0.3) is 0 Å². The molecule has 1 fully saturated rings. The molecule has 5 heteroatoms. The smallest absolute Gasteiger partial charge is 0.220 e. The van der Waals surface area contributed by atoms with Crippen LogP contribution >= 0.6 is 0 Å². The number of carbonyl (C=O) groups is 1. The summed E-state index contributed by atoms with van der Waals surface area (Å²) in [6.07, 6.45) is 1.14. The topological polar surface area (TPSA) is 64.9 Å². The minimum atomic E-state index is -0.530. The lowest BCUT2D eigenvalue weighted by Crippen LogP contribution is -2.42. The van der Waals surface area contributed by atoms with Crippen molar-refractivity contribution in [2.24, 2.45) is 0 Å². The molecule has 1 atom stereocenters. The highest BCUT2D eigenvalue weighted by Crippen LogP contribution is 2.20. The number of nitrogens with zero attached hydrogens (tertiary/aromatic N) is 1. The minimum absolute atomic E-state index is 0.0180. The fraction of sp³-hybridized carbons (Fsp3) is 0.333. The third-order valence-electron chi connectivity index (χ3n) is 2.75. The van der Waals surface area contributed by atoms with E-state index in [-0.39, 0.29) is 17.5 Å². The van der Waals surface area contributed by atoms with Crippen molar-refractivity contribution in [3.8, 4) is 6.07 Å². The lowest BCUT2D eigenvalue weighted by atomic mass is 10.1. The van der Waals surface area contributed by atoms with Crippen molar-refractivity contribution in [3.63, 3.8) is 0 Å². The molecule has 17 heavy (non-hydrogen) atoms. The number of carbonyl (C=O) groups excluding carboxylic acids is 1. The first-order valence-corrected chi connectivity index (χ1v) is 5.42. The quantitative estimate of drug-likeness (QED) is 0.811. The molecule has 0 bridgehead atoms. The monoisotopic (exact) mass is 233 g/mol. The Balaban J connectivity index is 2.11. The number of anilines is 1. The number of piperidine rings is 1. The average Bonchev–Trinajstić information content (AvgIpc) is 2.32. The van der Waals surface area contributed by atoms with Crippen LogP contribution < -0.4 is 10.6 Å². The number of hydrogen-bond acceptors (Lipinski definition) is 3. The van der Waals surface area contributed by atoms with Crippen molar-refractivity contribution >= 4 is 11.6 Å². The fourth-order valence-electron chi connectivity index (χ4n) is 1.83. The Labute approximate surface area is 98.4 Å². The highest BCUT2D eigenvalue weighted by molar-refractivity contribution is 5.77. The molecule has 1 aromatic rings. The highest BCUT2D eigenvalue weighted by atomic mass is 19.1. The lowest BCUT2D eigenvalue weighted by molar-refractivity contribution is -0.122. The van der Waals surface area contributed by atoms with E-state index in [1.54, 1.807) is 12.1 Å². The summed E-state index contributed by atoms with van der Waals surface area (Å²) < 4.78 is 13.3. The summed E-state index contributed by atoms with van der Waals surface area (Å²) in [4.78, 5) is 11.0. The molecule has 0 spiro atoms. The maximum atomic E-state index is 13.3. The van der Waals surface area contributed by atoms with Crippen molar-refractivity contribution in [1.82, 2.24) is 5.32 Å². The van der Waals surface area contributed by atoms with Gasteiger partial charge < -0.3 is 10.6 Å². The average molecular weight is 233 g/mol. The number of nitrogens with one attached hydrogen (secondary N) is 2. The maximum absolute atomic E-state index is 13.3. The van der Waals surface area contributed by atoms with Crippen LogP contribution in [0.5, 0.6) is 0 Å². The van der Waals surface area contributed by atoms with E-state index in [9.17, 15) is 9.18 Å². The molecule has 2 rings (SSSR count). The first-order valence-electron chi connectivity index (χ1n) is 5.42. The van der Waals surface area contributed by atoms with Crippen LogP contribution in [-0.2, 0) is 4.79 Å². The molecule has 1 unspecified atom stereocenters. The van der Waals surface area contributed by atoms with Crippen molar-refractivity contribution < 1.29 is 9.18 Å². The highest BCUT2D eigenvalue weighted by Gasteiger charge is 2.19. The van der Waals surface area contributed by atoms with E-state index in [0.717, 1.165) is 0 Å². The molecule has 2 N–H and O–H groups in total. The predicted molar refractivity (Wildman–Crippen MR) is 60.8 cm³/mol. The van der Waals surface area contributed by atoms with E-state index >= 15 is 0 Å². The van der Waals surface area contributed by atoms with Crippen molar-refractivity contribution in [2.45, 2.75) is 18.9 Å². The summed E-state index contributed by atoms with van der Waals surface area (Å²) >= 11 is 0. The zero-order chi connectivity index (χ0) is 12.3. The third kappa shape index (κ3) is 2.53. The van der Waals surface area contributed by atoms with E-state index in [1.807, 2.05) is 6.07 Å². The number of amides is 1. The van der Waals surface area contributed by atoms with E-state index in [2.05, 4.69) is 10.6 Å². The summed E-state index contributed by atoms with van der Waals surface area (Å²) in [7, 11) is 0. The molecular formula is C12H12FN3O. The van der Waals surface area contributed by atoms with Gasteiger partial charge in [-0.25, -0.2) is 4.39 Å². The Morgan fingerprint density at radius 3 is 3.00 bits per heavy atom. The van der Waals surface area contributed by atoms with Crippen LogP contribution in [0.25, 0.3) is 0 Å². The maximum Gasteiger partial charge on any atom is 0.220 e. The molecule has 88 valence electrons. The third-order valence-corrected chi connectivity index (χ3v) is 2.75. The van der Waals surface area contributed by atoms with Gasteiger partial charge in [-0.2, -0.15) is 5.26 Å². The number of nitriles is 1. The second kappa shape index (κ2) is 4.83. The van der Waals surface area contributed by atoms with Crippen LogP contribution in [0.3, 0.4) is 0 Å². The molecular weight excluding hydrogens is 221 g/mol. The van der Waals surface area contributed by atoms with Gasteiger partial charge in [-0.3, -0.25) is 4.79 Å². The van der Waals surface area contributed by atoms with Crippen LogP contribution in [0.1, 0.15) is 18.4 Å². The standard InChI is InChI=1S/C12H12FN3O/c13-10-2-1-3-11(9(10)6-14)16-8-4-5-12(17)15-7-8/h1-3,8,16H,4-5,7H2,(H,15,17).